The number of hydrogen-bond donors (Lipinski definition) is 9. The fourth-order valence-corrected chi connectivity index (χ4v) is 16.4. The second kappa shape index (κ2) is 44.2. The number of para-hydroxylation sites is 2. The SMILES string of the molecule is CC1(C)C(=CC=C2CCCC(C=CC3=[N+](CCCCS(=O)(=O)O)c4ccccc4C3(C)C)=C2Oc2ccc(C[C@H](NC(=O)CCCCCCCCC(=O)[C@H](Cc3ccccc3)NC(=O)[C@@H](CC(=O)CCCC(=O)CC[C@H](NC(=O)NCCCC(=O)O)C(=O)O)Cc3ccccc3)C(=O)O)cc2)N(CCCCS(=O)(=O)O)c2ccccc21. The van der Waals surface area contributed by atoms with Gasteiger partial charge >= 0.3 is 23.9 Å². The van der Waals surface area contributed by atoms with E-state index in [-0.39, 0.29) is 132 Å². The number of aliphatic carboxylic acids is 3. The molecule has 4 atom stereocenters. The predicted molar refractivity (Wildman–Crippen MR) is 444 cm³/mol. The van der Waals surface area contributed by atoms with Gasteiger partial charge in [0.1, 0.15) is 41.7 Å². The smallest absolute Gasteiger partial charge is 0.326 e. The van der Waals surface area contributed by atoms with Crippen LogP contribution in [-0.4, -0.2) is 154 Å². The summed E-state index contributed by atoms with van der Waals surface area (Å²) in [6.45, 7) is 9.65. The molecule has 0 saturated carbocycles. The lowest BCUT2D eigenvalue weighted by molar-refractivity contribution is -0.438. The number of carbonyl (C=O) groups is 9. The van der Waals surface area contributed by atoms with Gasteiger partial charge in [0.05, 0.1) is 23.0 Å². The molecule has 0 fully saturated rings. The van der Waals surface area contributed by atoms with E-state index in [9.17, 15) is 79.3 Å². The van der Waals surface area contributed by atoms with Gasteiger partial charge in [-0.2, -0.15) is 21.4 Å². The molecule has 25 nitrogen and oxygen atoms in total. The number of carboxylic acids is 3. The molecule has 5 aromatic carbocycles. The van der Waals surface area contributed by atoms with E-state index in [1.54, 1.807) is 24.3 Å². The number of ether oxygens (including phenoxy) is 1. The lowest BCUT2D eigenvalue weighted by atomic mass is 9.81. The Bertz CT molecular complexity index is 4670. The summed E-state index contributed by atoms with van der Waals surface area (Å²) in [4.78, 5) is 118. The number of carboxylic acid groups (broad SMARTS) is 3. The van der Waals surface area contributed by atoms with Crippen molar-refractivity contribution in [3.63, 3.8) is 0 Å². The molecule has 1 aliphatic carbocycles. The maximum Gasteiger partial charge on any atom is 0.326 e. The highest BCUT2D eigenvalue weighted by Crippen LogP contribution is 2.48. The zero-order valence-corrected chi connectivity index (χ0v) is 68.5. The highest BCUT2D eigenvalue weighted by molar-refractivity contribution is 7.86. The number of benzene rings is 5. The highest BCUT2D eigenvalue weighted by Gasteiger charge is 2.45. The van der Waals surface area contributed by atoms with Crippen molar-refractivity contribution in [2.24, 2.45) is 5.92 Å². The van der Waals surface area contributed by atoms with E-state index in [0.29, 0.717) is 81.5 Å². The molecule has 27 heteroatoms. The van der Waals surface area contributed by atoms with Gasteiger partial charge in [0, 0.05) is 111 Å². The molecule has 116 heavy (non-hydrogen) atoms. The Hall–Kier alpha value is -10.2. The maximum atomic E-state index is 14.3. The van der Waals surface area contributed by atoms with Crippen molar-refractivity contribution in [1.29, 1.82) is 0 Å². The number of carbonyl (C=O) groups excluding carboxylic acids is 6. The molecule has 0 saturated heterocycles. The molecular weight excluding hydrogens is 1520 g/mol. The van der Waals surface area contributed by atoms with Crippen LogP contribution >= 0.6 is 0 Å². The number of rotatable bonds is 50. The van der Waals surface area contributed by atoms with E-state index in [1.165, 1.54) is 0 Å². The number of nitrogens with zero attached hydrogens (tertiary/aromatic N) is 2. The average Bonchev–Trinajstić information content (AvgIpc) is 1.60. The Morgan fingerprint density at radius 3 is 1.78 bits per heavy atom. The number of anilines is 1. The number of urea groups is 1. The van der Waals surface area contributed by atoms with Crippen molar-refractivity contribution in [3.05, 3.63) is 208 Å². The van der Waals surface area contributed by atoms with Crippen LogP contribution in [0.25, 0.3) is 0 Å². The third kappa shape index (κ3) is 28.9. The van der Waals surface area contributed by atoms with E-state index < -0.39 is 90.9 Å². The Morgan fingerprint density at radius 1 is 0.534 bits per heavy atom. The van der Waals surface area contributed by atoms with Crippen LogP contribution in [0.5, 0.6) is 5.75 Å². The monoisotopic (exact) mass is 1630 g/mol. The van der Waals surface area contributed by atoms with Crippen LogP contribution in [0.1, 0.15) is 203 Å². The molecule has 2 heterocycles. The summed E-state index contributed by atoms with van der Waals surface area (Å²) >= 11 is 0. The van der Waals surface area contributed by atoms with Crippen LogP contribution in [0, 0.1) is 5.92 Å². The molecule has 9 N–H and O–H groups in total. The van der Waals surface area contributed by atoms with Gasteiger partial charge in [-0.1, -0.05) is 155 Å². The molecule has 8 rings (SSSR count). The van der Waals surface area contributed by atoms with Crippen LogP contribution < -0.4 is 30.9 Å². The number of unbranched alkanes of at least 4 members (excludes halogenated alkanes) is 7. The Labute approximate surface area is 681 Å². The molecule has 0 radical (unpaired) electrons. The number of allylic oxidation sites excluding steroid dienone is 7. The van der Waals surface area contributed by atoms with Gasteiger partial charge in [-0.15, -0.1) is 0 Å². The first kappa shape index (κ1) is 91.3. The van der Waals surface area contributed by atoms with Gasteiger partial charge in [-0.3, -0.25) is 37.9 Å². The van der Waals surface area contributed by atoms with E-state index in [0.717, 1.165) is 75.4 Å². The molecule has 624 valence electrons. The standard InChI is InChI=1S/C89H112N6O19S2/c1-88(2)71-36-17-19-38-76(71)94(54-21-23-56-115(108,109)110)79(88)51-45-65-32-25-33-66(46-52-80-89(3,4)72-37-18-20-39-77(72)95(80)55-22-24-57-116(111,112)113)83(65)114-70-48-43-64(44-49-70)60-75(86(105)106)91-81(99)41-16-8-6-5-7-15-40-78(98)74(59-63-30-13-10-14-31-63)92-84(102)67(58-62-28-11-9-12-29-62)61-69(97)35-26-34-68(96)47-50-73(85(103)104)93-87(107)90-53-27-42-82(100)101/h9-14,17-20,28-31,36-39,43-46,48-49,51-52,67,73-75H,5-8,15-16,21-27,32-35,40-42,47,50,53-61H2,1-4H3,(H8-,90,91,92,93,99,100,101,102,103,104,105,106,107,108,109,110,111,112,113)/p+1/t67-,73+,74+,75+/m1/s1. The lowest BCUT2D eigenvalue weighted by Gasteiger charge is -2.27. The van der Waals surface area contributed by atoms with Crippen LogP contribution in [-0.2, 0) is 88.7 Å². The van der Waals surface area contributed by atoms with E-state index >= 15 is 0 Å². The lowest BCUT2D eigenvalue weighted by Crippen LogP contribution is -2.46. The van der Waals surface area contributed by atoms with Crippen molar-refractivity contribution in [3.8, 4) is 5.75 Å². The van der Waals surface area contributed by atoms with Crippen molar-refractivity contribution in [2.75, 3.05) is 36.0 Å². The zero-order valence-electron chi connectivity index (χ0n) is 66.9. The second-order valence-corrected chi connectivity index (χ2v) is 34.5. The normalized spacial score (nSPS) is 16.1. The molecule has 3 aliphatic rings. The van der Waals surface area contributed by atoms with Gasteiger partial charge in [0.15, 0.2) is 11.5 Å². The van der Waals surface area contributed by atoms with E-state index in [2.05, 4.69) is 107 Å². The summed E-state index contributed by atoms with van der Waals surface area (Å²) in [5.41, 5.74) is 9.48. The molecular formula is C89H113N6O19S2+. The molecule has 0 aromatic heterocycles. The quantitative estimate of drug-likeness (QED) is 0.00992. The Kier molecular flexibility index (Phi) is 34.8. The number of amides is 4. The predicted octanol–water partition coefficient (Wildman–Crippen LogP) is 13.6. The average molecular weight is 1640 g/mol. The minimum Gasteiger partial charge on any atom is -0.481 e. The van der Waals surface area contributed by atoms with Crippen LogP contribution in [0.4, 0.5) is 16.2 Å². The number of ketones is 3. The summed E-state index contributed by atoms with van der Waals surface area (Å²) in [5, 5.41) is 39.2. The largest absolute Gasteiger partial charge is 0.481 e. The fraction of sp³-hybridized carbons (Fsp3) is 0.461. The first-order valence-corrected chi connectivity index (χ1v) is 43.5. The van der Waals surface area contributed by atoms with Gasteiger partial charge in [-0.25, -0.2) is 14.4 Å². The molecule has 4 amide bonds. The van der Waals surface area contributed by atoms with E-state index in [4.69, 9.17) is 9.84 Å². The second-order valence-electron chi connectivity index (χ2n) is 31.3. The van der Waals surface area contributed by atoms with Gasteiger partial charge in [-0.05, 0) is 161 Å². The van der Waals surface area contributed by atoms with Gasteiger partial charge in [0.25, 0.3) is 20.2 Å². The van der Waals surface area contributed by atoms with Crippen molar-refractivity contribution >= 4 is 90.4 Å². The summed E-state index contributed by atoms with van der Waals surface area (Å²) in [6, 6.07) is 37.5. The van der Waals surface area contributed by atoms with Crippen molar-refractivity contribution in [1.82, 2.24) is 21.3 Å². The fourth-order valence-electron chi connectivity index (χ4n) is 15.3. The van der Waals surface area contributed by atoms with Crippen LogP contribution in [0.15, 0.2) is 180 Å². The van der Waals surface area contributed by atoms with Gasteiger partial charge < -0.3 is 46.2 Å². The first-order chi connectivity index (χ1) is 55.3. The molecule has 0 bridgehead atoms. The Balaban J connectivity index is 0.859. The summed E-state index contributed by atoms with van der Waals surface area (Å²) in [7, 11) is -8.28. The minimum absolute atomic E-state index is 0.00610. The zero-order chi connectivity index (χ0) is 84.0. The summed E-state index contributed by atoms with van der Waals surface area (Å²) < 4.78 is 75.1. The number of fused-ring (bicyclic) bond motifs is 2. The molecule has 0 spiro atoms. The minimum atomic E-state index is -4.14. The maximum absolute atomic E-state index is 14.3. The van der Waals surface area contributed by atoms with E-state index in [1.807, 2.05) is 84.9 Å². The van der Waals surface area contributed by atoms with Crippen LogP contribution in [0.3, 0.4) is 0 Å². The summed E-state index contributed by atoms with van der Waals surface area (Å²) in [6.07, 6.45) is 16.2. The number of hydrogen-bond acceptors (Lipinski definition) is 15. The van der Waals surface area contributed by atoms with Crippen molar-refractivity contribution in [2.45, 2.75) is 224 Å². The number of Topliss-reactive ketones (excluding diaryl/α,β-unsaturated/α-hetero) is 3. The molecule has 5 aromatic rings. The van der Waals surface area contributed by atoms with Crippen LogP contribution in [0.2, 0.25) is 0 Å². The third-order valence-corrected chi connectivity index (χ3v) is 23.2. The molecule has 2 aliphatic heterocycles. The Morgan fingerprint density at radius 2 is 1.12 bits per heavy atom. The molecule has 0 unspecified atom stereocenters. The topological polar surface area (TPSA) is 387 Å². The number of nitrogens with one attached hydrogen (secondary N) is 4. The van der Waals surface area contributed by atoms with Gasteiger partial charge in [0.2, 0.25) is 17.5 Å². The first-order valence-electron chi connectivity index (χ1n) is 40.3. The van der Waals surface area contributed by atoms with Crippen molar-refractivity contribution < 1.29 is 93.7 Å². The summed E-state index contributed by atoms with van der Waals surface area (Å²) in [5.74, 6) is -5.62. The third-order valence-electron chi connectivity index (χ3n) is 21.6. The highest BCUT2D eigenvalue weighted by atomic mass is 32.2.